The Morgan fingerprint density at radius 2 is 1.71 bits per heavy atom. The Morgan fingerprint density at radius 1 is 1.04 bits per heavy atom. The van der Waals surface area contributed by atoms with E-state index in [9.17, 15) is 9.59 Å². The van der Waals surface area contributed by atoms with Crippen LogP contribution < -0.4 is 5.32 Å². The number of carbonyl (C=O) groups excluding carboxylic acids is 2. The van der Waals surface area contributed by atoms with Crippen LogP contribution >= 0.6 is 11.3 Å². The van der Waals surface area contributed by atoms with E-state index in [0.717, 1.165) is 11.3 Å². The molecule has 3 aromatic rings. The number of rotatable bonds is 4. The maximum absolute atomic E-state index is 12.2. The number of anilines is 1. The predicted octanol–water partition coefficient (Wildman–Crippen LogP) is 3.24. The van der Waals surface area contributed by atoms with Gasteiger partial charge < -0.3 is 4.74 Å². The van der Waals surface area contributed by atoms with Crippen molar-refractivity contribution in [2.45, 2.75) is 0 Å². The summed E-state index contributed by atoms with van der Waals surface area (Å²) in [7, 11) is 1.31. The summed E-state index contributed by atoms with van der Waals surface area (Å²) in [6.45, 7) is 0. The second kappa shape index (κ2) is 7.01. The van der Waals surface area contributed by atoms with Gasteiger partial charge in [-0.2, -0.15) is 0 Å². The number of hydrogen-bond acceptors (Lipinski definition) is 6. The van der Waals surface area contributed by atoms with Crippen molar-refractivity contribution < 1.29 is 14.3 Å². The summed E-state index contributed by atoms with van der Waals surface area (Å²) in [4.78, 5) is 32.0. The summed E-state index contributed by atoms with van der Waals surface area (Å²) in [6.07, 6.45) is 3.38. The van der Waals surface area contributed by atoms with Crippen LogP contribution in [0.4, 0.5) is 5.13 Å². The van der Waals surface area contributed by atoms with E-state index in [1.54, 1.807) is 36.7 Å². The molecule has 2 aromatic heterocycles. The highest BCUT2D eigenvalue weighted by Gasteiger charge is 2.11. The van der Waals surface area contributed by atoms with Crippen LogP contribution in [0.15, 0.2) is 54.2 Å². The summed E-state index contributed by atoms with van der Waals surface area (Å²) >= 11 is 1.34. The molecule has 0 unspecified atom stereocenters. The number of nitrogens with one attached hydrogen (secondary N) is 1. The third-order valence-corrected chi connectivity index (χ3v) is 4.03. The first-order chi connectivity index (χ1) is 11.7. The van der Waals surface area contributed by atoms with Gasteiger partial charge in [0.05, 0.1) is 18.4 Å². The Labute approximate surface area is 142 Å². The molecule has 1 N–H and O–H groups in total. The molecule has 1 aromatic carbocycles. The van der Waals surface area contributed by atoms with Gasteiger partial charge in [0.25, 0.3) is 5.91 Å². The maximum atomic E-state index is 12.2. The highest BCUT2D eigenvalue weighted by molar-refractivity contribution is 7.14. The number of hydrogen-bond donors (Lipinski definition) is 1. The molecular weight excluding hydrogens is 326 g/mol. The van der Waals surface area contributed by atoms with Crippen molar-refractivity contribution in [3.63, 3.8) is 0 Å². The lowest BCUT2D eigenvalue weighted by molar-refractivity contribution is 0.0600. The summed E-state index contributed by atoms with van der Waals surface area (Å²) in [5.74, 6) is -0.731. The van der Waals surface area contributed by atoms with Crippen LogP contribution in [-0.4, -0.2) is 29.0 Å². The first-order valence-electron chi connectivity index (χ1n) is 7.03. The minimum atomic E-state index is -0.441. The lowest BCUT2D eigenvalue weighted by Gasteiger charge is -2.03. The van der Waals surface area contributed by atoms with Crippen LogP contribution in [-0.2, 0) is 4.74 Å². The molecule has 120 valence electrons. The zero-order valence-corrected chi connectivity index (χ0v) is 13.5. The fourth-order valence-corrected chi connectivity index (χ4v) is 2.75. The number of ether oxygens (including phenoxy) is 1. The van der Waals surface area contributed by atoms with E-state index in [1.165, 1.54) is 18.4 Å². The maximum Gasteiger partial charge on any atom is 0.337 e. The van der Waals surface area contributed by atoms with Gasteiger partial charge in [-0.1, -0.05) is 0 Å². The van der Waals surface area contributed by atoms with Crippen LogP contribution in [0.25, 0.3) is 11.3 Å². The fourth-order valence-electron chi connectivity index (χ4n) is 2.03. The normalized spacial score (nSPS) is 10.2. The van der Waals surface area contributed by atoms with Crippen LogP contribution in [0.1, 0.15) is 20.7 Å². The van der Waals surface area contributed by atoms with E-state index in [1.807, 2.05) is 17.5 Å². The molecule has 0 saturated carbocycles. The van der Waals surface area contributed by atoms with Crippen LogP contribution in [0.2, 0.25) is 0 Å². The Balaban J connectivity index is 1.71. The zero-order valence-electron chi connectivity index (χ0n) is 12.7. The first kappa shape index (κ1) is 15.8. The van der Waals surface area contributed by atoms with E-state index >= 15 is 0 Å². The van der Waals surface area contributed by atoms with E-state index in [0.29, 0.717) is 16.3 Å². The third-order valence-electron chi connectivity index (χ3n) is 3.27. The number of methoxy groups -OCH3 is 1. The van der Waals surface area contributed by atoms with E-state index in [2.05, 4.69) is 20.0 Å². The number of thiazole rings is 1. The minimum absolute atomic E-state index is 0.290. The van der Waals surface area contributed by atoms with E-state index < -0.39 is 5.97 Å². The number of aromatic nitrogens is 2. The van der Waals surface area contributed by atoms with Crippen molar-refractivity contribution in [3.8, 4) is 11.3 Å². The van der Waals surface area contributed by atoms with Crippen LogP contribution in [0.5, 0.6) is 0 Å². The molecule has 0 fully saturated rings. The van der Waals surface area contributed by atoms with Gasteiger partial charge in [-0.15, -0.1) is 11.3 Å². The fraction of sp³-hybridized carbons (Fsp3) is 0.0588. The van der Waals surface area contributed by atoms with Crippen molar-refractivity contribution >= 4 is 28.3 Å². The highest BCUT2D eigenvalue weighted by Crippen LogP contribution is 2.24. The highest BCUT2D eigenvalue weighted by atomic mass is 32.1. The van der Waals surface area contributed by atoms with Crippen LogP contribution in [0.3, 0.4) is 0 Å². The van der Waals surface area contributed by atoms with Gasteiger partial charge >= 0.3 is 5.97 Å². The Morgan fingerprint density at radius 3 is 2.38 bits per heavy atom. The summed E-state index contributed by atoms with van der Waals surface area (Å²) < 4.78 is 4.62. The molecule has 0 spiro atoms. The lowest BCUT2D eigenvalue weighted by atomic mass is 10.1. The number of benzene rings is 1. The molecular formula is C17H13N3O3S. The number of amides is 1. The number of nitrogens with zero attached hydrogens (tertiary/aromatic N) is 2. The van der Waals surface area contributed by atoms with Gasteiger partial charge in [0, 0.05) is 28.9 Å². The predicted molar refractivity (Wildman–Crippen MR) is 91.1 cm³/mol. The molecule has 0 radical (unpaired) electrons. The van der Waals surface area contributed by atoms with Crippen molar-refractivity contribution in [1.29, 1.82) is 0 Å². The molecule has 0 saturated heterocycles. The second-order valence-corrected chi connectivity index (χ2v) is 5.65. The smallest absolute Gasteiger partial charge is 0.337 e. The monoisotopic (exact) mass is 339 g/mol. The molecule has 6 nitrogen and oxygen atoms in total. The lowest BCUT2D eigenvalue weighted by Crippen LogP contribution is -2.12. The van der Waals surface area contributed by atoms with Gasteiger partial charge in [-0.05, 0) is 36.4 Å². The van der Waals surface area contributed by atoms with Crippen molar-refractivity contribution in [1.82, 2.24) is 9.97 Å². The van der Waals surface area contributed by atoms with Gasteiger partial charge in [0.15, 0.2) is 5.13 Å². The van der Waals surface area contributed by atoms with Gasteiger partial charge in [-0.3, -0.25) is 15.1 Å². The molecule has 3 rings (SSSR count). The summed E-state index contributed by atoms with van der Waals surface area (Å²) in [5, 5.41) is 5.12. The Bertz CT molecular complexity index is 860. The SMILES string of the molecule is COC(=O)c1ccc(C(=O)Nc2nc(-c3ccncc3)cs2)cc1. The largest absolute Gasteiger partial charge is 0.465 e. The van der Waals surface area contributed by atoms with E-state index in [4.69, 9.17) is 0 Å². The second-order valence-electron chi connectivity index (χ2n) is 4.80. The minimum Gasteiger partial charge on any atom is -0.465 e. The average molecular weight is 339 g/mol. The molecule has 0 aliphatic rings. The van der Waals surface area contributed by atoms with Gasteiger partial charge in [0.2, 0.25) is 0 Å². The number of pyridine rings is 1. The number of carbonyl (C=O) groups is 2. The summed E-state index contributed by atoms with van der Waals surface area (Å²) in [5.41, 5.74) is 2.54. The first-order valence-corrected chi connectivity index (χ1v) is 7.91. The van der Waals surface area contributed by atoms with Gasteiger partial charge in [-0.25, -0.2) is 9.78 Å². The molecule has 0 bridgehead atoms. The Kier molecular flexibility index (Phi) is 4.62. The van der Waals surface area contributed by atoms with Crippen molar-refractivity contribution in [2.75, 3.05) is 12.4 Å². The van der Waals surface area contributed by atoms with E-state index in [-0.39, 0.29) is 5.91 Å². The molecule has 1 amide bonds. The summed E-state index contributed by atoms with van der Waals surface area (Å²) in [6, 6.07) is 9.94. The standard InChI is InChI=1S/C17H13N3O3S/c1-23-16(22)13-4-2-12(3-5-13)15(21)20-17-19-14(10-24-17)11-6-8-18-9-7-11/h2-10H,1H3,(H,19,20,21). The van der Waals surface area contributed by atoms with Crippen molar-refractivity contribution in [3.05, 3.63) is 65.3 Å². The molecule has 0 aliphatic carbocycles. The number of esters is 1. The molecule has 7 heteroatoms. The molecule has 2 heterocycles. The van der Waals surface area contributed by atoms with Gasteiger partial charge in [0.1, 0.15) is 0 Å². The van der Waals surface area contributed by atoms with Crippen LogP contribution in [0, 0.1) is 0 Å². The quantitative estimate of drug-likeness (QED) is 0.738. The molecule has 0 atom stereocenters. The van der Waals surface area contributed by atoms with Crippen molar-refractivity contribution in [2.24, 2.45) is 0 Å². The molecule has 24 heavy (non-hydrogen) atoms. The zero-order chi connectivity index (χ0) is 16.9. The molecule has 0 aliphatic heterocycles. The third kappa shape index (κ3) is 3.47. The topological polar surface area (TPSA) is 81.2 Å². The average Bonchev–Trinajstić information content (AvgIpc) is 3.10. The Hall–Kier alpha value is -3.06.